The van der Waals surface area contributed by atoms with E-state index >= 15 is 0 Å². The first-order chi connectivity index (χ1) is 13.9. The van der Waals surface area contributed by atoms with Gasteiger partial charge in [0, 0.05) is 10.4 Å². The zero-order valence-electron chi connectivity index (χ0n) is 18.4. The Morgan fingerprint density at radius 2 is 1.06 bits per heavy atom. The molecule has 0 bridgehead atoms. The Morgan fingerprint density at radius 3 is 1.35 bits per heavy atom. The van der Waals surface area contributed by atoms with Crippen molar-refractivity contribution in [1.82, 2.24) is 4.48 Å². The van der Waals surface area contributed by atoms with Crippen LogP contribution in [0.5, 0.6) is 0 Å². The Morgan fingerprint density at radius 1 is 0.742 bits per heavy atom. The molecule has 2 aromatic carbocycles. The zero-order chi connectivity index (χ0) is 23.2. The van der Waals surface area contributed by atoms with Crippen LogP contribution in [0, 0.1) is 6.92 Å². The van der Waals surface area contributed by atoms with Crippen LogP contribution in [0.3, 0.4) is 0 Å². The fourth-order valence-electron chi connectivity index (χ4n) is 2.01. The van der Waals surface area contributed by atoms with E-state index in [4.69, 9.17) is 17.5 Å². The van der Waals surface area contributed by atoms with Crippen LogP contribution in [-0.4, -0.2) is 51.2 Å². The molecule has 0 aliphatic rings. The van der Waals surface area contributed by atoms with Crippen LogP contribution >= 0.6 is 0 Å². The summed E-state index contributed by atoms with van der Waals surface area (Å²) in [4.78, 5) is 20.1. The summed E-state index contributed by atoms with van der Waals surface area (Å²) in [5.41, 5.74) is 4.58. The molecule has 0 unspecified atom stereocenters. The Hall–Kier alpha value is -1.91. The third-order valence-corrected chi connectivity index (χ3v) is 3.48. The standard InChI is InChI=1S/C12H16NO.C10H10O.Na.H2O4S/c1-13(2,3)12-8-6-11(7-9-12)5-4-10-14;1-9-4-6-10(7-5-9)3-2-8-11;;1-5(2,3)4/h4-10H,1-3H3;2-8H,1H3;;(H2,1,2,3,4)/q+1;;+1;/p-2/b5-4+;3-2+;;. The van der Waals surface area contributed by atoms with Gasteiger partial charge < -0.3 is 9.11 Å². The summed E-state index contributed by atoms with van der Waals surface area (Å²) in [5, 5.41) is 0. The quantitative estimate of drug-likeness (QED) is 0.156. The van der Waals surface area contributed by atoms with E-state index in [1.165, 1.54) is 23.4 Å². The molecular formula is C22H26NNaO6S. The molecule has 2 aromatic rings. The zero-order valence-corrected chi connectivity index (χ0v) is 21.2. The molecule has 7 nitrogen and oxygen atoms in total. The molecule has 31 heavy (non-hydrogen) atoms. The van der Waals surface area contributed by atoms with E-state index in [1.807, 2.05) is 43.3 Å². The molecule has 0 fully saturated rings. The molecule has 9 heteroatoms. The van der Waals surface area contributed by atoms with Crippen LogP contribution in [0.25, 0.3) is 12.2 Å². The van der Waals surface area contributed by atoms with Crippen molar-refractivity contribution in [2.45, 2.75) is 6.92 Å². The summed E-state index contributed by atoms with van der Waals surface area (Å²) in [6.45, 7) is 2.03. The predicted molar refractivity (Wildman–Crippen MR) is 118 cm³/mol. The van der Waals surface area contributed by atoms with E-state index in [1.54, 1.807) is 12.2 Å². The maximum Gasteiger partial charge on any atom is 1.00 e. The smallest absolute Gasteiger partial charge is 0.759 e. The van der Waals surface area contributed by atoms with Gasteiger partial charge in [0.25, 0.3) is 0 Å². The second kappa shape index (κ2) is 15.8. The largest absolute Gasteiger partial charge is 1.00 e. The number of hydrogen-bond acceptors (Lipinski definition) is 6. The van der Waals surface area contributed by atoms with E-state index in [0.29, 0.717) is 0 Å². The molecule has 0 N–H and O–H groups in total. The summed E-state index contributed by atoms with van der Waals surface area (Å²) in [7, 11) is 1.20. The average Bonchev–Trinajstić information content (AvgIpc) is 2.65. The first kappa shape index (κ1) is 31.3. The van der Waals surface area contributed by atoms with Crippen molar-refractivity contribution in [3.63, 3.8) is 0 Å². The minimum Gasteiger partial charge on any atom is -0.759 e. The topological polar surface area (TPSA) is 114 Å². The summed E-state index contributed by atoms with van der Waals surface area (Å²) in [6.07, 6.45) is 8.14. The summed E-state index contributed by atoms with van der Waals surface area (Å²) in [6, 6.07) is 16.2. The molecule has 0 atom stereocenters. The molecule has 2 rings (SSSR count). The van der Waals surface area contributed by atoms with Gasteiger partial charge in [-0.05, 0) is 54.5 Å². The SMILES string of the molecule is C[N+](C)(C)c1ccc(/C=C/C=O)cc1.Cc1ccc(/C=C/C=O)cc1.O=S(=O)([O-])[O-].[Na+]. The van der Waals surface area contributed by atoms with Gasteiger partial charge in [0.15, 0.2) is 0 Å². The number of aldehydes is 2. The number of benzene rings is 2. The maximum atomic E-state index is 10.1. The Labute approximate surface area is 206 Å². The molecule has 0 aliphatic carbocycles. The van der Waals surface area contributed by atoms with Crippen molar-refractivity contribution >= 4 is 40.8 Å². The minimum atomic E-state index is -5.17. The number of aryl methyl sites for hydroxylation is 1. The fraction of sp³-hybridized carbons (Fsp3) is 0.182. The number of carbonyl (C=O) groups excluding carboxylic acids is 2. The van der Waals surface area contributed by atoms with Gasteiger partial charge in [-0.1, -0.05) is 42.0 Å². The predicted octanol–water partition coefficient (Wildman–Crippen LogP) is -0.0315. The van der Waals surface area contributed by atoms with Gasteiger partial charge in [0.1, 0.15) is 18.3 Å². The number of hydrogen-bond donors (Lipinski definition) is 0. The second-order valence-corrected chi connectivity index (χ2v) is 7.73. The molecule has 0 saturated heterocycles. The molecular weight excluding hydrogens is 429 g/mol. The first-order valence-electron chi connectivity index (χ1n) is 8.76. The van der Waals surface area contributed by atoms with Gasteiger partial charge in [0.05, 0.1) is 21.1 Å². The molecule has 0 aromatic heterocycles. The van der Waals surface area contributed by atoms with E-state index in [-0.39, 0.29) is 29.6 Å². The molecule has 0 heterocycles. The van der Waals surface area contributed by atoms with Gasteiger partial charge in [-0.3, -0.25) is 22.5 Å². The van der Waals surface area contributed by atoms with Gasteiger partial charge >= 0.3 is 29.6 Å². The average molecular weight is 456 g/mol. The van der Waals surface area contributed by atoms with Crippen molar-refractivity contribution < 1.29 is 56.7 Å². The molecule has 162 valence electrons. The molecule has 0 spiro atoms. The van der Waals surface area contributed by atoms with Crippen LogP contribution in [0.1, 0.15) is 16.7 Å². The molecule has 0 saturated carbocycles. The Bertz CT molecular complexity index is 937. The molecule has 0 aliphatic heterocycles. The number of carbonyl (C=O) groups is 2. The number of quaternary nitrogens is 1. The third kappa shape index (κ3) is 18.6. The Balaban J connectivity index is 0. The van der Waals surface area contributed by atoms with Crippen LogP contribution in [0.2, 0.25) is 0 Å². The second-order valence-electron chi connectivity index (χ2n) is 6.91. The van der Waals surface area contributed by atoms with Crippen molar-refractivity contribution in [3.8, 4) is 0 Å². The Kier molecular flexibility index (Phi) is 16.0. The number of rotatable bonds is 5. The van der Waals surface area contributed by atoms with Crippen LogP contribution < -0.4 is 34.0 Å². The first-order valence-corrected chi connectivity index (χ1v) is 10.1. The van der Waals surface area contributed by atoms with Crippen molar-refractivity contribution in [3.05, 3.63) is 77.4 Å². The van der Waals surface area contributed by atoms with Gasteiger partial charge in [0.2, 0.25) is 0 Å². The van der Waals surface area contributed by atoms with E-state index in [9.17, 15) is 9.59 Å². The molecule has 0 radical (unpaired) electrons. The van der Waals surface area contributed by atoms with Crippen LogP contribution in [0.4, 0.5) is 5.69 Å². The monoisotopic (exact) mass is 455 g/mol. The van der Waals surface area contributed by atoms with E-state index in [2.05, 4.69) is 33.3 Å². The maximum absolute atomic E-state index is 10.1. The van der Waals surface area contributed by atoms with E-state index < -0.39 is 10.4 Å². The van der Waals surface area contributed by atoms with Crippen molar-refractivity contribution in [2.75, 3.05) is 21.1 Å². The third-order valence-electron chi connectivity index (χ3n) is 3.48. The van der Waals surface area contributed by atoms with Gasteiger partial charge in [-0.2, -0.15) is 0 Å². The van der Waals surface area contributed by atoms with E-state index in [0.717, 1.165) is 28.2 Å². The summed E-state index contributed by atoms with van der Waals surface area (Å²) in [5.74, 6) is 0. The summed E-state index contributed by atoms with van der Waals surface area (Å²) >= 11 is 0. The van der Waals surface area contributed by atoms with Crippen molar-refractivity contribution in [2.24, 2.45) is 0 Å². The number of allylic oxidation sites excluding steroid dienone is 2. The van der Waals surface area contributed by atoms with Crippen molar-refractivity contribution in [1.29, 1.82) is 0 Å². The van der Waals surface area contributed by atoms with Gasteiger partial charge in [-0.25, -0.2) is 0 Å². The van der Waals surface area contributed by atoms with Crippen LogP contribution in [0.15, 0.2) is 60.7 Å². The minimum absolute atomic E-state index is 0. The summed E-state index contributed by atoms with van der Waals surface area (Å²) < 4.78 is 34.9. The number of nitrogens with zero attached hydrogens (tertiary/aromatic N) is 1. The van der Waals surface area contributed by atoms with Crippen LogP contribution in [-0.2, 0) is 20.0 Å². The normalized spacial score (nSPS) is 10.9. The van der Waals surface area contributed by atoms with Gasteiger partial charge in [-0.15, -0.1) is 0 Å². The fourth-order valence-corrected chi connectivity index (χ4v) is 2.01. The molecule has 0 amide bonds.